The number of benzene rings is 1. The van der Waals surface area contributed by atoms with Crippen molar-refractivity contribution in [3.8, 4) is 0 Å². The third kappa shape index (κ3) is 2.76. The van der Waals surface area contributed by atoms with Gasteiger partial charge in [-0.3, -0.25) is 4.79 Å². The maximum Gasteiger partial charge on any atom is 0.251 e. The molecule has 1 amide bonds. The van der Waals surface area contributed by atoms with E-state index in [1.807, 2.05) is 72.2 Å². The Bertz CT molecular complexity index is 805. The van der Waals surface area contributed by atoms with Gasteiger partial charge in [-0.05, 0) is 37.3 Å². The summed E-state index contributed by atoms with van der Waals surface area (Å²) >= 11 is 0. The molecular weight excluding hydrogens is 274 g/mol. The van der Waals surface area contributed by atoms with Crippen molar-refractivity contribution < 1.29 is 4.79 Å². The fourth-order valence-corrected chi connectivity index (χ4v) is 2.40. The van der Waals surface area contributed by atoms with Gasteiger partial charge < -0.3 is 9.30 Å². The molecule has 3 rings (SSSR count). The molecule has 22 heavy (non-hydrogen) atoms. The van der Waals surface area contributed by atoms with Crippen LogP contribution in [0.1, 0.15) is 12.6 Å². The van der Waals surface area contributed by atoms with E-state index in [1.54, 1.807) is 17.1 Å². The lowest BCUT2D eigenvalue weighted by molar-refractivity contribution is -0.114. The Hall–Kier alpha value is -2.88. The Morgan fingerprint density at radius 1 is 1.18 bits per heavy atom. The summed E-state index contributed by atoms with van der Waals surface area (Å²) in [5, 5.41) is 0. The summed E-state index contributed by atoms with van der Waals surface area (Å²) in [7, 11) is 0. The number of hydrogen-bond donors (Lipinski definition) is 0. The fourth-order valence-electron chi connectivity index (χ4n) is 2.40. The molecule has 0 aliphatic carbocycles. The van der Waals surface area contributed by atoms with Gasteiger partial charge in [0.15, 0.2) is 0 Å². The number of pyridine rings is 1. The van der Waals surface area contributed by atoms with Gasteiger partial charge >= 0.3 is 0 Å². The zero-order valence-electron chi connectivity index (χ0n) is 12.4. The highest BCUT2D eigenvalue weighted by Gasteiger charge is 2.15. The smallest absolute Gasteiger partial charge is 0.251 e. The summed E-state index contributed by atoms with van der Waals surface area (Å²) in [6.45, 7) is 2.31. The Morgan fingerprint density at radius 2 is 1.95 bits per heavy atom. The Balaban J connectivity index is 1.98. The lowest BCUT2D eigenvalue weighted by Gasteiger charge is -2.21. The topological polar surface area (TPSA) is 37.6 Å². The van der Waals surface area contributed by atoms with E-state index < -0.39 is 0 Å². The number of hydrogen-bond acceptors (Lipinski definition) is 2. The molecule has 0 aliphatic rings. The van der Waals surface area contributed by atoms with Gasteiger partial charge in [0.25, 0.3) is 5.91 Å². The van der Waals surface area contributed by atoms with Crippen LogP contribution in [-0.2, 0) is 11.3 Å². The summed E-state index contributed by atoms with van der Waals surface area (Å²) in [5.74, 6) is -0.0421. The van der Waals surface area contributed by atoms with Crippen molar-refractivity contribution in [3.63, 3.8) is 0 Å². The van der Waals surface area contributed by atoms with Crippen LogP contribution in [0.3, 0.4) is 0 Å². The first kappa shape index (κ1) is 14.1. The number of anilines is 1. The van der Waals surface area contributed by atoms with Crippen LogP contribution in [0.25, 0.3) is 5.65 Å². The molecule has 0 unspecified atom stereocenters. The average Bonchev–Trinajstić information content (AvgIpc) is 2.97. The zero-order valence-corrected chi connectivity index (χ0v) is 12.4. The summed E-state index contributed by atoms with van der Waals surface area (Å²) in [4.78, 5) is 18.5. The second-order valence-corrected chi connectivity index (χ2v) is 4.94. The molecule has 3 aromatic rings. The molecule has 0 aliphatic heterocycles. The molecule has 0 fully saturated rings. The molecule has 0 N–H and O–H groups in total. The number of nitrogens with zero attached hydrogens (tertiary/aromatic N) is 3. The molecular formula is C18H17N3O. The lowest BCUT2D eigenvalue weighted by Crippen LogP contribution is -2.29. The van der Waals surface area contributed by atoms with Crippen molar-refractivity contribution in [3.05, 3.63) is 78.8 Å². The van der Waals surface area contributed by atoms with E-state index >= 15 is 0 Å². The number of para-hydroxylation sites is 1. The van der Waals surface area contributed by atoms with E-state index in [0.717, 1.165) is 17.0 Å². The van der Waals surface area contributed by atoms with Crippen LogP contribution < -0.4 is 4.90 Å². The van der Waals surface area contributed by atoms with Crippen molar-refractivity contribution in [1.82, 2.24) is 9.38 Å². The predicted octanol–water partition coefficient (Wildman–Crippen LogP) is 3.44. The van der Waals surface area contributed by atoms with E-state index in [0.29, 0.717) is 6.54 Å². The standard InChI is InChI=1S/C18H17N3O/c1-2-8-18(22)21(15-9-4-3-5-10-15)14-16-13-19-17-11-6-7-12-20(16)17/h2-13H,14H2,1H3/b8-2+. The lowest BCUT2D eigenvalue weighted by atomic mass is 10.2. The van der Waals surface area contributed by atoms with Crippen LogP contribution in [0.2, 0.25) is 0 Å². The number of rotatable bonds is 4. The molecule has 4 heteroatoms. The fraction of sp³-hybridized carbons (Fsp3) is 0.111. The SMILES string of the molecule is C/C=C/C(=O)N(Cc1cnc2ccccn12)c1ccccc1. The highest BCUT2D eigenvalue weighted by Crippen LogP contribution is 2.18. The number of allylic oxidation sites excluding steroid dienone is 1. The first-order chi connectivity index (χ1) is 10.8. The van der Waals surface area contributed by atoms with Gasteiger partial charge in [-0.15, -0.1) is 0 Å². The first-order valence-corrected chi connectivity index (χ1v) is 7.20. The second kappa shape index (κ2) is 6.26. The third-order valence-electron chi connectivity index (χ3n) is 3.46. The number of carbonyl (C=O) groups is 1. The molecule has 1 aromatic carbocycles. The van der Waals surface area contributed by atoms with Crippen molar-refractivity contribution in [1.29, 1.82) is 0 Å². The monoisotopic (exact) mass is 291 g/mol. The van der Waals surface area contributed by atoms with Crippen LogP contribution in [-0.4, -0.2) is 15.3 Å². The van der Waals surface area contributed by atoms with Gasteiger partial charge in [0, 0.05) is 11.9 Å². The average molecular weight is 291 g/mol. The maximum absolute atomic E-state index is 12.4. The van der Waals surface area contributed by atoms with Gasteiger partial charge in [0.1, 0.15) is 5.65 Å². The number of carbonyl (C=O) groups excluding carboxylic acids is 1. The maximum atomic E-state index is 12.4. The third-order valence-corrected chi connectivity index (χ3v) is 3.46. The summed E-state index contributed by atoms with van der Waals surface area (Å²) in [6, 6.07) is 15.5. The summed E-state index contributed by atoms with van der Waals surface area (Å²) in [6.07, 6.45) is 7.11. The van der Waals surface area contributed by atoms with Gasteiger partial charge in [0.2, 0.25) is 0 Å². The van der Waals surface area contributed by atoms with Gasteiger partial charge in [-0.25, -0.2) is 4.98 Å². The Labute approximate surface area is 129 Å². The van der Waals surface area contributed by atoms with Crippen LogP contribution in [0.15, 0.2) is 73.1 Å². The minimum atomic E-state index is -0.0421. The highest BCUT2D eigenvalue weighted by atomic mass is 16.2. The van der Waals surface area contributed by atoms with Crippen LogP contribution in [0.5, 0.6) is 0 Å². The molecule has 0 atom stereocenters. The quantitative estimate of drug-likeness (QED) is 0.690. The van der Waals surface area contributed by atoms with Crippen molar-refractivity contribution in [2.24, 2.45) is 0 Å². The van der Waals surface area contributed by atoms with Gasteiger partial charge in [0.05, 0.1) is 18.4 Å². The van der Waals surface area contributed by atoms with E-state index in [-0.39, 0.29) is 5.91 Å². The largest absolute Gasteiger partial charge is 0.303 e. The number of fused-ring (bicyclic) bond motifs is 1. The highest BCUT2D eigenvalue weighted by molar-refractivity contribution is 6.01. The molecule has 4 nitrogen and oxygen atoms in total. The van der Waals surface area contributed by atoms with Crippen molar-refractivity contribution >= 4 is 17.2 Å². The number of aromatic nitrogens is 2. The Morgan fingerprint density at radius 3 is 2.73 bits per heavy atom. The summed E-state index contributed by atoms with van der Waals surface area (Å²) in [5.41, 5.74) is 2.72. The van der Waals surface area contributed by atoms with E-state index in [2.05, 4.69) is 4.98 Å². The number of amides is 1. The molecule has 0 spiro atoms. The molecule has 0 saturated heterocycles. The zero-order chi connectivity index (χ0) is 15.4. The normalized spacial score (nSPS) is 11.1. The Kier molecular flexibility index (Phi) is 4.01. The van der Waals surface area contributed by atoms with E-state index in [9.17, 15) is 4.79 Å². The molecule has 0 radical (unpaired) electrons. The van der Waals surface area contributed by atoms with Crippen LogP contribution in [0.4, 0.5) is 5.69 Å². The molecule has 2 heterocycles. The molecule has 0 bridgehead atoms. The van der Waals surface area contributed by atoms with E-state index in [1.165, 1.54) is 0 Å². The predicted molar refractivity (Wildman–Crippen MR) is 87.6 cm³/mol. The van der Waals surface area contributed by atoms with E-state index in [4.69, 9.17) is 0 Å². The number of imidazole rings is 1. The molecule has 0 saturated carbocycles. The first-order valence-electron chi connectivity index (χ1n) is 7.20. The van der Waals surface area contributed by atoms with Crippen LogP contribution in [0, 0.1) is 0 Å². The second-order valence-electron chi connectivity index (χ2n) is 4.94. The van der Waals surface area contributed by atoms with Gasteiger partial charge in [-0.1, -0.05) is 30.3 Å². The van der Waals surface area contributed by atoms with Crippen molar-refractivity contribution in [2.45, 2.75) is 13.5 Å². The van der Waals surface area contributed by atoms with Crippen LogP contribution >= 0.6 is 0 Å². The summed E-state index contributed by atoms with van der Waals surface area (Å²) < 4.78 is 2.00. The minimum Gasteiger partial charge on any atom is -0.303 e. The van der Waals surface area contributed by atoms with Crippen molar-refractivity contribution in [2.75, 3.05) is 4.90 Å². The molecule has 2 aromatic heterocycles. The minimum absolute atomic E-state index is 0.0421. The molecule has 110 valence electrons. The van der Waals surface area contributed by atoms with Gasteiger partial charge in [-0.2, -0.15) is 0 Å².